The number of rotatable bonds is 4. The number of carbonyl (C=O) groups is 1. The Balaban J connectivity index is 1.13. The highest BCUT2D eigenvalue weighted by Gasteiger charge is 2.56. The summed E-state index contributed by atoms with van der Waals surface area (Å²) in [7, 11) is 0. The van der Waals surface area contributed by atoms with Gasteiger partial charge >= 0.3 is 5.97 Å². The molecule has 6 fully saturated rings. The third-order valence-corrected chi connectivity index (χ3v) is 11.0. The van der Waals surface area contributed by atoms with Gasteiger partial charge in [0, 0.05) is 18.5 Å². The van der Waals surface area contributed by atoms with Crippen molar-refractivity contribution >= 4 is 5.97 Å². The summed E-state index contributed by atoms with van der Waals surface area (Å²) in [5.41, 5.74) is 1.74. The van der Waals surface area contributed by atoms with Gasteiger partial charge in [-0.1, -0.05) is 19.1 Å². The maximum absolute atomic E-state index is 12.9. The number of hydrogen-bond acceptors (Lipinski definition) is 3. The number of hydrogen-bond donors (Lipinski definition) is 1. The minimum Gasteiger partial charge on any atom is -0.462 e. The third kappa shape index (κ3) is 2.97. The van der Waals surface area contributed by atoms with Crippen molar-refractivity contribution < 1.29 is 9.53 Å². The molecule has 166 valence electrons. The van der Waals surface area contributed by atoms with E-state index in [1.165, 1.54) is 56.9 Å². The topological polar surface area (TPSA) is 38.3 Å². The summed E-state index contributed by atoms with van der Waals surface area (Å²) in [6, 6.07) is 0.534. The van der Waals surface area contributed by atoms with Crippen LogP contribution in [0.15, 0.2) is 12.2 Å². The predicted molar refractivity (Wildman–Crippen MR) is 119 cm³/mol. The van der Waals surface area contributed by atoms with Crippen molar-refractivity contribution in [2.75, 3.05) is 6.54 Å². The van der Waals surface area contributed by atoms with E-state index >= 15 is 0 Å². The largest absolute Gasteiger partial charge is 0.462 e. The van der Waals surface area contributed by atoms with Crippen LogP contribution in [-0.2, 0) is 9.53 Å². The molecule has 3 bridgehead atoms. The highest BCUT2D eigenvalue weighted by Crippen LogP contribution is 2.59. The number of allylic oxidation sites excluding steroid dienone is 1. The van der Waals surface area contributed by atoms with Gasteiger partial charge in [-0.15, -0.1) is 0 Å². The second-order valence-electron chi connectivity index (χ2n) is 12.5. The van der Waals surface area contributed by atoms with E-state index < -0.39 is 0 Å². The quantitative estimate of drug-likeness (QED) is 0.500. The molecule has 5 saturated carbocycles. The van der Waals surface area contributed by atoms with Crippen LogP contribution in [0.1, 0.15) is 78.1 Å². The van der Waals surface area contributed by atoms with Gasteiger partial charge in [0.15, 0.2) is 0 Å². The zero-order chi connectivity index (χ0) is 20.6. The van der Waals surface area contributed by atoms with Crippen LogP contribution >= 0.6 is 0 Å². The Labute approximate surface area is 182 Å². The summed E-state index contributed by atoms with van der Waals surface area (Å²) in [4.78, 5) is 12.9. The Hall–Kier alpha value is -0.830. The highest BCUT2D eigenvalue weighted by molar-refractivity contribution is 5.75. The van der Waals surface area contributed by atoms with Gasteiger partial charge in [0.2, 0.25) is 0 Å². The van der Waals surface area contributed by atoms with E-state index in [-0.39, 0.29) is 18.0 Å². The van der Waals surface area contributed by atoms with E-state index in [0.29, 0.717) is 23.3 Å². The van der Waals surface area contributed by atoms with Crippen molar-refractivity contribution in [2.24, 2.45) is 52.8 Å². The molecule has 30 heavy (non-hydrogen) atoms. The number of esters is 1. The first kappa shape index (κ1) is 19.8. The van der Waals surface area contributed by atoms with E-state index in [1.54, 1.807) is 0 Å². The molecule has 6 aliphatic rings. The smallest absolute Gasteiger partial charge is 0.310 e. The molecule has 1 heterocycles. The fourth-order valence-electron chi connectivity index (χ4n) is 9.66. The molecule has 11 atom stereocenters. The zero-order valence-electron chi connectivity index (χ0n) is 19.1. The van der Waals surface area contributed by atoms with Crippen LogP contribution in [0.3, 0.4) is 0 Å². The molecule has 5 aliphatic carbocycles. The fourth-order valence-corrected chi connectivity index (χ4v) is 9.66. The van der Waals surface area contributed by atoms with Crippen molar-refractivity contribution in [3.8, 4) is 0 Å². The van der Waals surface area contributed by atoms with Gasteiger partial charge in [-0.2, -0.15) is 0 Å². The average Bonchev–Trinajstić information content (AvgIpc) is 3.10. The van der Waals surface area contributed by atoms with Gasteiger partial charge in [-0.05, 0) is 112 Å². The normalized spacial score (nSPS) is 52.7. The van der Waals surface area contributed by atoms with Crippen LogP contribution < -0.4 is 5.32 Å². The second kappa shape index (κ2) is 7.09. The maximum Gasteiger partial charge on any atom is 0.310 e. The Morgan fingerprint density at radius 3 is 2.83 bits per heavy atom. The van der Waals surface area contributed by atoms with Gasteiger partial charge < -0.3 is 10.1 Å². The van der Waals surface area contributed by atoms with Crippen molar-refractivity contribution in [1.29, 1.82) is 0 Å². The molecule has 0 radical (unpaired) electrons. The summed E-state index contributed by atoms with van der Waals surface area (Å²) in [6.45, 7) is 10.1. The van der Waals surface area contributed by atoms with E-state index in [9.17, 15) is 4.79 Å². The van der Waals surface area contributed by atoms with Gasteiger partial charge in [0.1, 0.15) is 6.10 Å². The van der Waals surface area contributed by atoms with Crippen LogP contribution in [0.4, 0.5) is 0 Å². The van der Waals surface area contributed by atoms with Crippen LogP contribution in [0.2, 0.25) is 0 Å². The summed E-state index contributed by atoms with van der Waals surface area (Å²) in [5, 5.41) is 3.89. The minimum atomic E-state index is 0.0498. The zero-order valence-corrected chi connectivity index (χ0v) is 19.1. The summed E-state index contributed by atoms with van der Waals surface area (Å²) in [5.74, 6) is 5.85. The minimum absolute atomic E-state index is 0.0498. The number of fused-ring (bicyclic) bond motifs is 4. The second-order valence-corrected chi connectivity index (χ2v) is 12.5. The number of ether oxygens (including phenoxy) is 1. The average molecular weight is 412 g/mol. The Morgan fingerprint density at radius 1 is 1.17 bits per heavy atom. The van der Waals surface area contributed by atoms with Crippen molar-refractivity contribution in [3.05, 3.63) is 12.2 Å². The third-order valence-electron chi connectivity index (χ3n) is 11.0. The maximum atomic E-state index is 12.9. The lowest BCUT2D eigenvalue weighted by Gasteiger charge is -2.50. The van der Waals surface area contributed by atoms with Crippen LogP contribution in [0.5, 0.6) is 0 Å². The molecule has 1 aliphatic heterocycles. The standard InChI is InChI=1S/C27H41NO2/c1-15-5-4-8-27(3)13-24-21(12-23(15)27)22(26(29)30-24)14-28-16(2)25-19-7-6-18-9-17(10-19)11-20(18)25/h16-25,28H,1,4-14H2,2-3H3/t16-,17+,18+,19+,20-,21-,22-,23-,24-,25-,27-/m1/s1. The molecule has 1 saturated heterocycles. The Morgan fingerprint density at radius 2 is 1.97 bits per heavy atom. The van der Waals surface area contributed by atoms with Crippen LogP contribution in [0.25, 0.3) is 0 Å². The van der Waals surface area contributed by atoms with Gasteiger partial charge in [0.05, 0.1) is 5.92 Å². The van der Waals surface area contributed by atoms with Crippen molar-refractivity contribution in [2.45, 2.75) is 90.2 Å². The molecule has 0 aromatic heterocycles. The summed E-state index contributed by atoms with van der Waals surface area (Å²) >= 11 is 0. The molecule has 0 amide bonds. The van der Waals surface area contributed by atoms with Gasteiger partial charge in [-0.3, -0.25) is 4.79 Å². The molecule has 6 rings (SSSR count). The number of nitrogens with one attached hydrogen (secondary N) is 1. The Kier molecular flexibility index (Phi) is 4.68. The lowest BCUT2D eigenvalue weighted by atomic mass is 9.55. The molecular weight excluding hydrogens is 370 g/mol. The van der Waals surface area contributed by atoms with E-state index in [0.717, 1.165) is 49.0 Å². The van der Waals surface area contributed by atoms with Crippen LogP contribution in [0, 0.1) is 52.8 Å². The van der Waals surface area contributed by atoms with Crippen molar-refractivity contribution in [3.63, 3.8) is 0 Å². The van der Waals surface area contributed by atoms with Gasteiger partial charge in [-0.25, -0.2) is 0 Å². The molecule has 0 unspecified atom stereocenters. The molecule has 1 N–H and O–H groups in total. The molecule has 0 spiro atoms. The van der Waals surface area contributed by atoms with Crippen LogP contribution in [-0.4, -0.2) is 24.7 Å². The SMILES string of the molecule is C=C1CCC[C@]2(C)C[C@H]3OC(=O)[C@H](CN[C@H](C)[C@@H]4[C@H]5CC[C@H]6C[C@@H](C5)C[C@H]64)[C@H]3C[C@H]12. The first-order valence-corrected chi connectivity index (χ1v) is 13.0. The first-order chi connectivity index (χ1) is 14.4. The fraction of sp³-hybridized carbons (Fsp3) is 0.889. The van der Waals surface area contributed by atoms with Gasteiger partial charge in [0.25, 0.3) is 0 Å². The summed E-state index contributed by atoms with van der Waals surface area (Å²) < 4.78 is 5.99. The monoisotopic (exact) mass is 411 g/mol. The van der Waals surface area contributed by atoms with E-state index in [1.807, 2.05) is 0 Å². The van der Waals surface area contributed by atoms with Crippen molar-refractivity contribution in [1.82, 2.24) is 5.32 Å². The summed E-state index contributed by atoms with van der Waals surface area (Å²) in [6.07, 6.45) is 13.4. The molecule has 3 nitrogen and oxygen atoms in total. The predicted octanol–water partition coefficient (Wildman–Crippen LogP) is 5.35. The lowest BCUT2D eigenvalue weighted by Crippen LogP contribution is -2.49. The molecule has 3 heteroatoms. The molecule has 0 aromatic carbocycles. The highest BCUT2D eigenvalue weighted by atomic mass is 16.6. The lowest BCUT2D eigenvalue weighted by molar-refractivity contribution is -0.146. The molecule has 0 aromatic rings. The van der Waals surface area contributed by atoms with E-state index in [4.69, 9.17) is 4.74 Å². The Bertz CT molecular complexity index is 732. The van der Waals surface area contributed by atoms with E-state index in [2.05, 4.69) is 25.7 Å². The number of carbonyl (C=O) groups excluding carboxylic acids is 1. The first-order valence-electron chi connectivity index (χ1n) is 13.0. The molecular formula is C27H41NO2.